The minimum atomic E-state index is -3.67. The molecule has 0 atom stereocenters. The summed E-state index contributed by atoms with van der Waals surface area (Å²) in [6, 6.07) is 0. The summed E-state index contributed by atoms with van der Waals surface area (Å²) in [5.41, 5.74) is 0. The van der Waals surface area contributed by atoms with Gasteiger partial charge in [-0.2, -0.15) is 8.42 Å². The summed E-state index contributed by atoms with van der Waals surface area (Å²) in [5.74, 6) is 0. The highest BCUT2D eigenvalue weighted by Crippen LogP contribution is 1.97. The largest absolute Gasteiger partial charge is 0.271 e. The molecule has 0 unspecified atom stereocenters. The fraction of sp³-hybridized carbons (Fsp3) is 0.714. The van der Waals surface area contributed by atoms with Crippen molar-refractivity contribution in [2.45, 2.75) is 32.6 Å². The van der Waals surface area contributed by atoms with E-state index in [0.717, 1.165) is 0 Å². The number of rotatable bonds is 4. The van der Waals surface area contributed by atoms with E-state index in [1.165, 1.54) is 25.7 Å². The zero-order valence-electron chi connectivity index (χ0n) is 7.49. The highest BCUT2D eigenvalue weighted by atomic mass is 32.2. The predicted octanol–water partition coefficient (Wildman–Crippen LogP) is 0.901. The van der Waals surface area contributed by atoms with E-state index in [0.29, 0.717) is 0 Å². The van der Waals surface area contributed by atoms with Gasteiger partial charge >= 0.3 is 0 Å². The molecule has 0 saturated heterocycles. The molecule has 0 radical (unpaired) electrons. The Hall–Kier alpha value is -0.390. The molecule has 0 aliphatic rings. The molecular weight excluding hydrogens is 176 g/mol. The molecule has 0 fully saturated rings. The van der Waals surface area contributed by atoms with Gasteiger partial charge in [-0.3, -0.25) is 0 Å². The lowest BCUT2D eigenvalue weighted by Crippen LogP contribution is -2.21. The van der Waals surface area contributed by atoms with Crippen LogP contribution in [-0.4, -0.2) is 8.42 Å². The Morgan fingerprint density at radius 3 is 2.00 bits per heavy atom. The van der Waals surface area contributed by atoms with Gasteiger partial charge in [-0.05, 0) is 12.8 Å². The fourth-order valence-corrected chi connectivity index (χ4v) is 0.539. The van der Waals surface area contributed by atoms with E-state index in [1.807, 2.05) is 6.08 Å². The van der Waals surface area contributed by atoms with E-state index in [4.69, 9.17) is 0 Å². The second-order valence-electron chi connectivity index (χ2n) is 2.37. The third-order valence-electron chi connectivity index (χ3n) is 1.01. The first-order valence-corrected chi connectivity index (χ1v) is 5.44. The van der Waals surface area contributed by atoms with Crippen LogP contribution in [0.5, 0.6) is 0 Å². The molecule has 0 rings (SSSR count). The molecule has 0 amide bonds. The molecule has 5 heteroatoms. The summed E-state index contributed by atoms with van der Waals surface area (Å²) < 4.78 is 18.4. The number of allylic oxidation sites excluding steroid dienone is 1. The molecule has 0 aliphatic carbocycles. The maximum Gasteiger partial charge on any atom is 0.271 e. The van der Waals surface area contributed by atoms with Crippen molar-refractivity contribution >= 4 is 10.2 Å². The Bertz CT molecular complexity index is 180. The lowest BCUT2D eigenvalue weighted by Gasteiger charge is -1.87. The van der Waals surface area contributed by atoms with Crippen molar-refractivity contribution in [3.63, 3.8) is 0 Å². The summed E-state index contributed by atoms with van der Waals surface area (Å²) >= 11 is 0. The van der Waals surface area contributed by atoms with Crippen LogP contribution in [0.4, 0.5) is 0 Å². The average molecular weight is 194 g/mol. The average Bonchev–Trinajstić information content (AvgIpc) is 1.85. The maximum absolute atomic E-state index is 9.19. The molecule has 0 saturated carbocycles. The van der Waals surface area contributed by atoms with Gasteiger partial charge in [0, 0.05) is 0 Å². The van der Waals surface area contributed by atoms with E-state index < -0.39 is 10.2 Å². The van der Waals surface area contributed by atoms with E-state index in [9.17, 15) is 8.42 Å². The van der Waals surface area contributed by atoms with E-state index in [2.05, 4.69) is 23.8 Å². The molecule has 0 spiro atoms. The third-order valence-corrected chi connectivity index (χ3v) is 1.01. The molecule has 0 aliphatic heterocycles. The molecule has 0 bridgehead atoms. The van der Waals surface area contributed by atoms with Gasteiger partial charge in [-0.15, -0.1) is 6.58 Å². The van der Waals surface area contributed by atoms with Gasteiger partial charge in [0.05, 0.1) is 0 Å². The zero-order valence-corrected chi connectivity index (χ0v) is 8.31. The summed E-state index contributed by atoms with van der Waals surface area (Å²) in [6.07, 6.45) is 7.16. The fourth-order valence-electron chi connectivity index (χ4n) is 0.539. The normalized spacial score (nSPS) is 9.92. The highest BCUT2D eigenvalue weighted by Gasteiger charge is 1.78. The number of hydrogen-bond acceptors (Lipinski definition) is 2. The summed E-state index contributed by atoms with van der Waals surface area (Å²) in [6.45, 7) is 5.84. The van der Waals surface area contributed by atoms with Gasteiger partial charge in [0.1, 0.15) is 0 Å². The van der Waals surface area contributed by atoms with Gasteiger partial charge in [0.25, 0.3) is 10.2 Å². The Morgan fingerprint density at radius 1 is 1.33 bits per heavy atom. The predicted molar refractivity (Wildman–Crippen MR) is 51.6 cm³/mol. The number of unbranched alkanes of at least 4 members (excludes halogenated alkanes) is 3. The highest BCUT2D eigenvalue weighted by molar-refractivity contribution is 7.86. The van der Waals surface area contributed by atoms with Crippen molar-refractivity contribution in [1.82, 2.24) is 0 Å². The molecule has 0 heterocycles. The van der Waals surface area contributed by atoms with Crippen LogP contribution >= 0.6 is 0 Å². The molecule has 74 valence electrons. The molecule has 0 aromatic carbocycles. The quantitative estimate of drug-likeness (QED) is 0.514. The van der Waals surface area contributed by atoms with Crippen molar-refractivity contribution in [3.8, 4) is 0 Å². The SMILES string of the molecule is C=CCCCCC.NS(N)(=O)=O. The number of nitrogens with two attached hydrogens (primary N) is 2. The van der Waals surface area contributed by atoms with Crippen LogP contribution in [0.3, 0.4) is 0 Å². The van der Waals surface area contributed by atoms with Gasteiger partial charge in [-0.25, -0.2) is 10.3 Å². The molecule has 4 nitrogen and oxygen atoms in total. The van der Waals surface area contributed by atoms with E-state index in [1.54, 1.807) is 0 Å². The molecule has 0 aromatic rings. The van der Waals surface area contributed by atoms with Crippen LogP contribution in [0.25, 0.3) is 0 Å². The Morgan fingerprint density at radius 2 is 1.75 bits per heavy atom. The minimum absolute atomic E-state index is 1.19. The Balaban J connectivity index is 0. The monoisotopic (exact) mass is 194 g/mol. The first-order valence-electron chi connectivity index (χ1n) is 3.83. The number of hydrogen-bond donors (Lipinski definition) is 2. The van der Waals surface area contributed by atoms with Crippen LogP contribution < -0.4 is 10.3 Å². The summed E-state index contributed by atoms with van der Waals surface area (Å²) in [7, 11) is -3.67. The van der Waals surface area contributed by atoms with Crippen LogP contribution in [-0.2, 0) is 10.2 Å². The van der Waals surface area contributed by atoms with Gasteiger partial charge in [0.15, 0.2) is 0 Å². The second-order valence-corrected chi connectivity index (χ2v) is 3.55. The van der Waals surface area contributed by atoms with Crippen LogP contribution in [0.2, 0.25) is 0 Å². The standard InChI is InChI=1S/C7H14.H4N2O2S/c1-3-5-7-6-4-2;1-5(2,3)4/h3H,1,4-7H2,2H3;(H4,1,2,3,4). The molecular formula is C7H18N2O2S. The van der Waals surface area contributed by atoms with Crippen LogP contribution in [0, 0.1) is 0 Å². The Kier molecular flexibility index (Phi) is 10.3. The van der Waals surface area contributed by atoms with Crippen molar-refractivity contribution in [1.29, 1.82) is 0 Å². The van der Waals surface area contributed by atoms with E-state index >= 15 is 0 Å². The molecule has 4 N–H and O–H groups in total. The van der Waals surface area contributed by atoms with Gasteiger partial charge in [0.2, 0.25) is 0 Å². The first-order chi connectivity index (χ1) is 5.41. The Labute approximate surface area is 74.8 Å². The zero-order chi connectivity index (χ0) is 10.0. The van der Waals surface area contributed by atoms with Crippen molar-refractivity contribution < 1.29 is 8.42 Å². The first kappa shape index (κ1) is 14.2. The topological polar surface area (TPSA) is 86.2 Å². The van der Waals surface area contributed by atoms with Crippen molar-refractivity contribution in [3.05, 3.63) is 12.7 Å². The van der Waals surface area contributed by atoms with E-state index in [-0.39, 0.29) is 0 Å². The van der Waals surface area contributed by atoms with Crippen molar-refractivity contribution in [2.75, 3.05) is 0 Å². The lowest BCUT2D eigenvalue weighted by molar-refractivity contribution is 0.599. The summed E-state index contributed by atoms with van der Waals surface area (Å²) in [4.78, 5) is 0. The summed E-state index contributed by atoms with van der Waals surface area (Å²) in [5, 5.41) is 8.21. The van der Waals surface area contributed by atoms with Crippen LogP contribution in [0.1, 0.15) is 32.6 Å². The maximum atomic E-state index is 9.19. The minimum Gasteiger partial charge on any atom is -0.216 e. The third kappa shape index (κ3) is 54.7. The lowest BCUT2D eigenvalue weighted by atomic mass is 10.2. The van der Waals surface area contributed by atoms with Gasteiger partial charge in [-0.1, -0.05) is 25.8 Å². The molecule has 0 aromatic heterocycles. The van der Waals surface area contributed by atoms with Crippen molar-refractivity contribution in [2.24, 2.45) is 10.3 Å². The second kappa shape index (κ2) is 8.70. The smallest absolute Gasteiger partial charge is 0.216 e. The van der Waals surface area contributed by atoms with Crippen LogP contribution in [0.15, 0.2) is 12.7 Å². The molecule has 12 heavy (non-hydrogen) atoms. The van der Waals surface area contributed by atoms with Gasteiger partial charge < -0.3 is 0 Å².